The van der Waals surface area contributed by atoms with E-state index >= 15 is 0 Å². The van der Waals surface area contributed by atoms with Gasteiger partial charge in [0.15, 0.2) is 0 Å². The minimum Gasteiger partial charge on any atom is -0.419 e. The molecule has 1 fully saturated rings. The van der Waals surface area contributed by atoms with Crippen LogP contribution in [0.4, 0.5) is 13.2 Å². The quantitative estimate of drug-likeness (QED) is 0.761. The molecule has 0 saturated carbocycles. The van der Waals surface area contributed by atoms with E-state index in [1.807, 2.05) is 0 Å². The van der Waals surface area contributed by atoms with Crippen LogP contribution in [0, 0.1) is 0 Å². The summed E-state index contributed by atoms with van der Waals surface area (Å²) in [7, 11) is 0. The molecule has 9 heteroatoms. The van der Waals surface area contributed by atoms with E-state index in [4.69, 9.17) is 4.74 Å². The van der Waals surface area contributed by atoms with Crippen molar-refractivity contribution >= 4 is 5.91 Å². The van der Waals surface area contributed by atoms with Gasteiger partial charge in [0.1, 0.15) is 5.69 Å². The molecule has 3 heterocycles. The molecule has 2 aromatic heterocycles. The molecule has 6 nitrogen and oxygen atoms in total. The number of aromatic nitrogens is 3. The molecule has 1 saturated heterocycles. The molecule has 0 bridgehead atoms. The molecule has 0 aromatic carbocycles. The van der Waals surface area contributed by atoms with Gasteiger partial charge in [-0.25, -0.2) is 9.97 Å². The third kappa shape index (κ3) is 4.42. The lowest BCUT2D eigenvalue weighted by molar-refractivity contribution is -0.137. The number of nitrogens with zero attached hydrogens (tertiary/aromatic N) is 4. The van der Waals surface area contributed by atoms with Crippen LogP contribution in [0.2, 0.25) is 0 Å². The Morgan fingerprint density at radius 2 is 1.89 bits per heavy atom. The Morgan fingerprint density at radius 3 is 2.48 bits per heavy atom. The highest BCUT2D eigenvalue weighted by Gasteiger charge is 2.31. The van der Waals surface area contributed by atoms with Crippen molar-refractivity contribution in [3.63, 3.8) is 0 Å². The van der Waals surface area contributed by atoms with Crippen LogP contribution >= 0.6 is 0 Å². The largest absolute Gasteiger partial charge is 0.419 e. The first kappa shape index (κ1) is 18.8. The van der Waals surface area contributed by atoms with E-state index in [-0.39, 0.29) is 23.6 Å². The molecule has 1 aliphatic heterocycles. The number of carbonyl (C=O) groups excluding carboxylic acids is 1. The van der Waals surface area contributed by atoms with Gasteiger partial charge in [0, 0.05) is 43.7 Å². The van der Waals surface area contributed by atoms with Gasteiger partial charge >= 0.3 is 6.18 Å². The van der Waals surface area contributed by atoms with Crippen molar-refractivity contribution in [3.05, 3.63) is 54.6 Å². The van der Waals surface area contributed by atoms with Gasteiger partial charge in [-0.05, 0) is 25.0 Å². The number of carbonyl (C=O) groups is 1. The molecule has 0 aliphatic carbocycles. The Balaban J connectivity index is 1.73. The average molecular weight is 378 g/mol. The molecule has 2 aromatic rings. The standard InChI is InChI=1S/C18H17F3N4O2/c1-2-15(26)25-9-5-12(6-10-25)16-17(23-8-7-22-16)27-14-4-3-13(11-24-14)18(19,20)21/h2-4,7-8,11-12H,1,5-6,9-10H2. The second-order valence-corrected chi connectivity index (χ2v) is 6.04. The predicted octanol–water partition coefficient (Wildman–Crippen LogP) is 3.57. The first-order valence-electron chi connectivity index (χ1n) is 8.32. The Bertz CT molecular complexity index is 816. The summed E-state index contributed by atoms with van der Waals surface area (Å²) in [5.74, 6) is 0.123. The van der Waals surface area contributed by atoms with Crippen molar-refractivity contribution in [2.24, 2.45) is 0 Å². The van der Waals surface area contributed by atoms with Crippen LogP contribution in [-0.4, -0.2) is 38.8 Å². The fraction of sp³-hybridized carbons (Fsp3) is 0.333. The molecule has 0 radical (unpaired) electrons. The molecule has 0 atom stereocenters. The third-order valence-electron chi connectivity index (χ3n) is 4.32. The monoisotopic (exact) mass is 378 g/mol. The summed E-state index contributed by atoms with van der Waals surface area (Å²) in [4.78, 5) is 25.6. The molecule has 0 N–H and O–H groups in total. The van der Waals surface area contributed by atoms with Crippen molar-refractivity contribution in [2.75, 3.05) is 13.1 Å². The molecule has 1 amide bonds. The molecular weight excluding hydrogens is 361 g/mol. The second kappa shape index (κ2) is 7.73. The lowest BCUT2D eigenvalue weighted by atomic mass is 9.93. The van der Waals surface area contributed by atoms with E-state index in [1.54, 1.807) is 4.90 Å². The van der Waals surface area contributed by atoms with Crippen LogP contribution in [0.3, 0.4) is 0 Å². The van der Waals surface area contributed by atoms with Crippen molar-refractivity contribution in [1.29, 1.82) is 0 Å². The molecule has 3 rings (SSSR count). The van der Waals surface area contributed by atoms with E-state index in [2.05, 4.69) is 21.5 Å². The Kier molecular flexibility index (Phi) is 5.38. The Hall–Kier alpha value is -2.97. The topological polar surface area (TPSA) is 68.2 Å². The maximum Gasteiger partial charge on any atom is 0.417 e. The van der Waals surface area contributed by atoms with E-state index < -0.39 is 11.7 Å². The number of piperidine rings is 1. The van der Waals surface area contributed by atoms with Crippen LogP contribution in [0.5, 0.6) is 11.8 Å². The molecular formula is C18H17F3N4O2. The minimum absolute atomic E-state index is 0.00372. The number of rotatable bonds is 4. The van der Waals surface area contributed by atoms with Crippen LogP contribution in [-0.2, 0) is 11.0 Å². The number of likely N-dealkylation sites (tertiary alicyclic amines) is 1. The first-order chi connectivity index (χ1) is 12.9. The van der Waals surface area contributed by atoms with Gasteiger partial charge in [-0.1, -0.05) is 6.58 Å². The smallest absolute Gasteiger partial charge is 0.417 e. The van der Waals surface area contributed by atoms with E-state index in [9.17, 15) is 18.0 Å². The van der Waals surface area contributed by atoms with Crippen molar-refractivity contribution in [3.8, 4) is 11.8 Å². The summed E-state index contributed by atoms with van der Waals surface area (Å²) in [6.45, 7) is 4.60. The summed E-state index contributed by atoms with van der Waals surface area (Å²) in [5.41, 5.74) is -0.252. The van der Waals surface area contributed by atoms with Crippen LogP contribution in [0.1, 0.15) is 30.0 Å². The van der Waals surface area contributed by atoms with Crippen molar-refractivity contribution in [1.82, 2.24) is 19.9 Å². The second-order valence-electron chi connectivity index (χ2n) is 6.04. The zero-order chi connectivity index (χ0) is 19.4. The minimum atomic E-state index is -4.46. The number of hydrogen-bond acceptors (Lipinski definition) is 5. The highest BCUT2D eigenvalue weighted by molar-refractivity contribution is 5.87. The van der Waals surface area contributed by atoms with E-state index in [0.717, 1.165) is 12.1 Å². The zero-order valence-corrected chi connectivity index (χ0v) is 14.3. The lowest BCUT2D eigenvalue weighted by Crippen LogP contribution is -2.37. The first-order valence-corrected chi connectivity index (χ1v) is 8.32. The number of alkyl halides is 3. The molecule has 0 unspecified atom stereocenters. The number of pyridine rings is 1. The average Bonchev–Trinajstić information content (AvgIpc) is 2.68. The van der Waals surface area contributed by atoms with Gasteiger partial charge in [-0.2, -0.15) is 13.2 Å². The van der Waals surface area contributed by atoms with Gasteiger partial charge in [-0.3, -0.25) is 9.78 Å². The fourth-order valence-corrected chi connectivity index (χ4v) is 2.90. The normalized spacial score (nSPS) is 15.4. The molecule has 142 valence electrons. The maximum absolute atomic E-state index is 12.6. The molecule has 1 aliphatic rings. The summed E-state index contributed by atoms with van der Waals surface area (Å²) in [6, 6.07) is 2.05. The number of ether oxygens (including phenoxy) is 1. The van der Waals surface area contributed by atoms with Gasteiger partial charge < -0.3 is 9.64 Å². The third-order valence-corrected chi connectivity index (χ3v) is 4.32. The number of amides is 1. The summed E-state index contributed by atoms with van der Waals surface area (Å²) >= 11 is 0. The van der Waals surface area contributed by atoms with Crippen molar-refractivity contribution in [2.45, 2.75) is 24.9 Å². The van der Waals surface area contributed by atoms with Crippen molar-refractivity contribution < 1.29 is 22.7 Å². The summed E-state index contributed by atoms with van der Waals surface area (Å²) in [6.07, 6.45) is 1.87. The Morgan fingerprint density at radius 1 is 1.19 bits per heavy atom. The summed E-state index contributed by atoms with van der Waals surface area (Å²) < 4.78 is 43.5. The van der Waals surface area contributed by atoms with Gasteiger partial charge in [0.25, 0.3) is 0 Å². The number of halogens is 3. The highest BCUT2D eigenvalue weighted by atomic mass is 19.4. The SMILES string of the molecule is C=CC(=O)N1CCC(c2nccnc2Oc2ccc(C(F)(F)F)cn2)CC1. The predicted molar refractivity (Wildman–Crippen MR) is 90.1 cm³/mol. The maximum atomic E-state index is 12.6. The van der Waals surface area contributed by atoms with Crippen LogP contribution in [0.15, 0.2) is 43.4 Å². The van der Waals surface area contributed by atoms with Crippen LogP contribution in [0.25, 0.3) is 0 Å². The lowest BCUT2D eigenvalue weighted by Gasteiger charge is -2.31. The molecule has 0 spiro atoms. The summed E-state index contributed by atoms with van der Waals surface area (Å²) in [5, 5.41) is 0. The Labute approximate surface area is 153 Å². The van der Waals surface area contributed by atoms with E-state index in [0.29, 0.717) is 37.8 Å². The highest BCUT2D eigenvalue weighted by Crippen LogP contribution is 2.34. The zero-order valence-electron chi connectivity index (χ0n) is 14.3. The molecule has 27 heavy (non-hydrogen) atoms. The fourth-order valence-electron chi connectivity index (χ4n) is 2.90. The van der Waals surface area contributed by atoms with Crippen LogP contribution < -0.4 is 4.74 Å². The van der Waals surface area contributed by atoms with Gasteiger partial charge in [0.05, 0.1) is 5.56 Å². The van der Waals surface area contributed by atoms with Gasteiger partial charge in [-0.15, -0.1) is 0 Å². The van der Waals surface area contributed by atoms with Gasteiger partial charge in [0.2, 0.25) is 17.7 Å². The van der Waals surface area contributed by atoms with E-state index in [1.165, 1.54) is 18.5 Å². The number of hydrogen-bond donors (Lipinski definition) is 0.